The van der Waals surface area contributed by atoms with E-state index in [4.69, 9.17) is 15.2 Å². The molecule has 0 radical (unpaired) electrons. The smallest absolute Gasteiger partial charge is 0.193 e. The summed E-state index contributed by atoms with van der Waals surface area (Å²) in [6.45, 7) is 5.04. The molecule has 2 aromatic carbocycles. The second-order valence-electron chi connectivity index (χ2n) is 5.26. The van der Waals surface area contributed by atoms with E-state index in [1.807, 2.05) is 50.2 Å². The van der Waals surface area contributed by atoms with Gasteiger partial charge < -0.3 is 20.5 Å². The van der Waals surface area contributed by atoms with Crippen molar-refractivity contribution in [2.45, 2.75) is 13.8 Å². The molecule has 0 saturated heterocycles. The summed E-state index contributed by atoms with van der Waals surface area (Å²) >= 11 is 0. The van der Waals surface area contributed by atoms with Crippen molar-refractivity contribution in [2.75, 3.05) is 25.6 Å². The van der Waals surface area contributed by atoms with Gasteiger partial charge in [-0.25, -0.2) is 4.99 Å². The SMILES string of the molecule is COc1ccccc1NC(N)=NCCOc1cc(C)cc(C)c1. The van der Waals surface area contributed by atoms with Gasteiger partial charge in [0.2, 0.25) is 0 Å². The summed E-state index contributed by atoms with van der Waals surface area (Å²) in [6.07, 6.45) is 0. The van der Waals surface area contributed by atoms with Crippen LogP contribution in [-0.2, 0) is 0 Å². The molecule has 0 unspecified atom stereocenters. The van der Waals surface area contributed by atoms with Crippen LogP contribution >= 0.6 is 0 Å². The van der Waals surface area contributed by atoms with E-state index in [0.717, 1.165) is 17.2 Å². The third kappa shape index (κ3) is 5.21. The number of nitrogens with two attached hydrogens (primary N) is 1. The molecule has 2 rings (SSSR count). The van der Waals surface area contributed by atoms with Crippen LogP contribution in [0.3, 0.4) is 0 Å². The van der Waals surface area contributed by atoms with Gasteiger partial charge in [0.1, 0.15) is 18.1 Å². The highest BCUT2D eigenvalue weighted by atomic mass is 16.5. The lowest BCUT2D eigenvalue weighted by Gasteiger charge is -2.10. The molecule has 0 heterocycles. The van der Waals surface area contributed by atoms with E-state index in [0.29, 0.717) is 19.1 Å². The highest BCUT2D eigenvalue weighted by Gasteiger charge is 2.02. The number of ether oxygens (including phenoxy) is 2. The number of hydrogen-bond acceptors (Lipinski definition) is 3. The molecule has 3 N–H and O–H groups in total. The van der Waals surface area contributed by atoms with Gasteiger partial charge in [-0.1, -0.05) is 18.2 Å². The van der Waals surface area contributed by atoms with Crippen molar-refractivity contribution >= 4 is 11.6 Å². The number of methoxy groups -OCH3 is 1. The molecular formula is C18H23N3O2. The Morgan fingerprint density at radius 2 is 1.83 bits per heavy atom. The number of aryl methyl sites for hydroxylation is 2. The Morgan fingerprint density at radius 1 is 1.13 bits per heavy atom. The fourth-order valence-electron chi connectivity index (χ4n) is 2.27. The maximum atomic E-state index is 5.88. The number of guanidine groups is 1. The Balaban J connectivity index is 1.85. The average Bonchev–Trinajstić information content (AvgIpc) is 2.51. The molecule has 0 aromatic heterocycles. The second-order valence-corrected chi connectivity index (χ2v) is 5.26. The van der Waals surface area contributed by atoms with Crippen molar-refractivity contribution in [2.24, 2.45) is 10.7 Å². The van der Waals surface area contributed by atoms with Crippen LogP contribution in [0.15, 0.2) is 47.5 Å². The Labute approximate surface area is 137 Å². The van der Waals surface area contributed by atoms with Crippen molar-refractivity contribution < 1.29 is 9.47 Å². The van der Waals surface area contributed by atoms with Crippen molar-refractivity contribution in [1.82, 2.24) is 0 Å². The topological polar surface area (TPSA) is 68.9 Å². The largest absolute Gasteiger partial charge is 0.495 e. The fraction of sp³-hybridized carbons (Fsp3) is 0.278. The van der Waals surface area contributed by atoms with Gasteiger partial charge in [-0.15, -0.1) is 0 Å². The first-order valence-electron chi connectivity index (χ1n) is 7.49. The van der Waals surface area contributed by atoms with Crippen LogP contribution < -0.4 is 20.5 Å². The molecule has 0 aliphatic rings. The molecule has 0 fully saturated rings. The summed E-state index contributed by atoms with van der Waals surface area (Å²) in [6, 6.07) is 13.7. The van der Waals surface area contributed by atoms with Crippen LogP contribution in [0, 0.1) is 13.8 Å². The van der Waals surface area contributed by atoms with E-state index in [-0.39, 0.29) is 0 Å². The average molecular weight is 313 g/mol. The quantitative estimate of drug-likeness (QED) is 0.488. The standard InChI is InChI=1S/C18H23N3O2/c1-13-10-14(2)12-15(11-13)23-9-8-20-18(19)21-16-6-4-5-7-17(16)22-3/h4-7,10-12H,8-9H2,1-3H3,(H3,19,20,21). The molecule has 0 atom stereocenters. The van der Waals surface area contributed by atoms with Gasteiger partial charge in [0.05, 0.1) is 19.3 Å². The lowest BCUT2D eigenvalue weighted by atomic mass is 10.1. The highest BCUT2D eigenvalue weighted by Crippen LogP contribution is 2.22. The third-order valence-electron chi connectivity index (χ3n) is 3.21. The Bertz CT molecular complexity index is 663. The number of nitrogens with zero attached hydrogens (tertiary/aromatic N) is 1. The van der Waals surface area contributed by atoms with Gasteiger partial charge >= 0.3 is 0 Å². The fourth-order valence-corrected chi connectivity index (χ4v) is 2.27. The minimum Gasteiger partial charge on any atom is -0.495 e. The molecule has 0 aliphatic carbocycles. The Kier molecular flexibility index (Phi) is 5.86. The molecule has 23 heavy (non-hydrogen) atoms. The van der Waals surface area contributed by atoms with Gasteiger partial charge in [-0.2, -0.15) is 0 Å². The molecule has 0 bridgehead atoms. The van der Waals surface area contributed by atoms with Gasteiger partial charge in [0.15, 0.2) is 5.96 Å². The molecule has 0 amide bonds. The van der Waals surface area contributed by atoms with Crippen molar-refractivity contribution in [3.8, 4) is 11.5 Å². The Hall–Kier alpha value is -2.69. The van der Waals surface area contributed by atoms with E-state index in [1.54, 1.807) is 7.11 Å². The van der Waals surface area contributed by atoms with Crippen LogP contribution in [0.1, 0.15) is 11.1 Å². The lowest BCUT2D eigenvalue weighted by Crippen LogP contribution is -2.23. The van der Waals surface area contributed by atoms with Gasteiger partial charge in [0, 0.05) is 0 Å². The van der Waals surface area contributed by atoms with Crippen molar-refractivity contribution in [1.29, 1.82) is 0 Å². The molecule has 0 aliphatic heterocycles. The van der Waals surface area contributed by atoms with Crippen LogP contribution in [0.5, 0.6) is 11.5 Å². The molecule has 2 aromatic rings. The minimum absolute atomic E-state index is 0.332. The number of rotatable bonds is 6. The Morgan fingerprint density at radius 3 is 2.52 bits per heavy atom. The zero-order valence-corrected chi connectivity index (χ0v) is 13.8. The summed E-state index contributed by atoms with van der Waals surface area (Å²) in [5, 5.41) is 3.03. The lowest BCUT2D eigenvalue weighted by molar-refractivity contribution is 0.328. The number of anilines is 1. The third-order valence-corrected chi connectivity index (χ3v) is 3.21. The highest BCUT2D eigenvalue weighted by molar-refractivity contribution is 5.93. The normalized spacial score (nSPS) is 11.2. The van der Waals surface area contributed by atoms with Crippen LogP contribution in [0.4, 0.5) is 5.69 Å². The molecule has 5 nitrogen and oxygen atoms in total. The van der Waals surface area contributed by atoms with E-state index in [1.165, 1.54) is 11.1 Å². The molecule has 5 heteroatoms. The predicted molar refractivity (Wildman–Crippen MR) is 94.5 cm³/mol. The molecule has 0 saturated carbocycles. The summed E-state index contributed by atoms with van der Waals surface area (Å²) in [5.41, 5.74) is 9.03. The summed E-state index contributed by atoms with van der Waals surface area (Å²) < 4.78 is 11.0. The molecular weight excluding hydrogens is 290 g/mol. The first kappa shape index (κ1) is 16.7. The number of benzene rings is 2. The maximum Gasteiger partial charge on any atom is 0.193 e. The zero-order valence-electron chi connectivity index (χ0n) is 13.8. The van der Waals surface area contributed by atoms with Gasteiger partial charge in [-0.05, 0) is 49.2 Å². The second kappa shape index (κ2) is 8.08. The van der Waals surface area contributed by atoms with Crippen LogP contribution in [-0.4, -0.2) is 26.2 Å². The zero-order chi connectivity index (χ0) is 16.7. The summed E-state index contributed by atoms with van der Waals surface area (Å²) in [7, 11) is 1.62. The molecule has 122 valence electrons. The predicted octanol–water partition coefficient (Wildman–Crippen LogP) is 3.12. The van der Waals surface area contributed by atoms with Crippen LogP contribution in [0.25, 0.3) is 0 Å². The number of hydrogen-bond donors (Lipinski definition) is 2. The van der Waals surface area contributed by atoms with Gasteiger partial charge in [0.25, 0.3) is 0 Å². The number of nitrogens with one attached hydrogen (secondary N) is 1. The van der Waals surface area contributed by atoms with Crippen molar-refractivity contribution in [3.63, 3.8) is 0 Å². The first-order chi connectivity index (χ1) is 11.1. The van der Waals surface area contributed by atoms with E-state index >= 15 is 0 Å². The van der Waals surface area contributed by atoms with Crippen molar-refractivity contribution in [3.05, 3.63) is 53.6 Å². The summed E-state index contributed by atoms with van der Waals surface area (Å²) in [4.78, 5) is 4.26. The van der Waals surface area contributed by atoms with E-state index in [2.05, 4.69) is 16.4 Å². The van der Waals surface area contributed by atoms with Crippen LogP contribution in [0.2, 0.25) is 0 Å². The van der Waals surface area contributed by atoms with Gasteiger partial charge in [-0.3, -0.25) is 0 Å². The monoisotopic (exact) mass is 313 g/mol. The first-order valence-corrected chi connectivity index (χ1v) is 7.49. The van der Waals surface area contributed by atoms with E-state index < -0.39 is 0 Å². The minimum atomic E-state index is 0.332. The number of aliphatic imine (C=N–C) groups is 1. The summed E-state index contributed by atoms with van der Waals surface area (Å²) in [5.74, 6) is 1.91. The molecule has 0 spiro atoms. The maximum absolute atomic E-state index is 5.88. The van der Waals surface area contributed by atoms with E-state index in [9.17, 15) is 0 Å². The number of para-hydroxylation sites is 2.